The summed E-state index contributed by atoms with van der Waals surface area (Å²) in [5.41, 5.74) is 5.43. The maximum Gasteiger partial charge on any atom is 0.226 e. The van der Waals surface area contributed by atoms with E-state index >= 15 is 0 Å². The Morgan fingerprint density at radius 2 is 1.68 bits per heavy atom. The maximum absolute atomic E-state index is 12.2. The zero-order valence-corrected chi connectivity index (χ0v) is 15.7. The van der Waals surface area contributed by atoms with E-state index in [0.29, 0.717) is 13.0 Å². The zero-order valence-electron chi connectivity index (χ0n) is 15.7. The van der Waals surface area contributed by atoms with Gasteiger partial charge in [-0.2, -0.15) is 0 Å². The fraction of sp³-hybridized carbons (Fsp3) is 0.381. The van der Waals surface area contributed by atoms with Crippen molar-refractivity contribution in [3.05, 3.63) is 53.6 Å². The molecule has 0 unspecified atom stereocenters. The van der Waals surface area contributed by atoms with Crippen LogP contribution in [0.3, 0.4) is 0 Å². The van der Waals surface area contributed by atoms with Crippen molar-refractivity contribution in [3.63, 3.8) is 0 Å². The molecule has 4 nitrogen and oxygen atoms in total. The number of nitrogens with zero attached hydrogens (tertiary/aromatic N) is 1. The van der Waals surface area contributed by atoms with Crippen LogP contribution in [-0.4, -0.2) is 25.5 Å². The number of rotatable bonds is 8. The summed E-state index contributed by atoms with van der Waals surface area (Å²) in [7, 11) is 0. The lowest BCUT2D eigenvalue weighted by molar-refractivity contribution is -0.115. The van der Waals surface area contributed by atoms with E-state index < -0.39 is 0 Å². The van der Waals surface area contributed by atoms with Gasteiger partial charge in [-0.15, -0.1) is 0 Å². The highest BCUT2D eigenvalue weighted by Crippen LogP contribution is 2.22. The molecule has 0 fully saturated rings. The molecule has 2 rings (SSSR count). The highest BCUT2D eigenvalue weighted by molar-refractivity contribution is 5.92. The van der Waals surface area contributed by atoms with Crippen LogP contribution in [0, 0.1) is 13.8 Å². The van der Waals surface area contributed by atoms with E-state index in [2.05, 4.69) is 54.5 Å². The second-order valence-corrected chi connectivity index (χ2v) is 6.21. The predicted octanol–water partition coefficient (Wildman–Crippen LogP) is 4.59. The van der Waals surface area contributed by atoms with E-state index in [-0.39, 0.29) is 5.91 Å². The van der Waals surface area contributed by atoms with Gasteiger partial charge in [0.05, 0.1) is 0 Å². The number of para-hydroxylation sites is 1. The lowest BCUT2D eigenvalue weighted by Gasteiger charge is -2.22. The number of hydrogen-bond donors (Lipinski definition) is 2. The summed E-state index contributed by atoms with van der Waals surface area (Å²) in [6.07, 6.45) is 0.436. The first-order chi connectivity index (χ1) is 12.0. The zero-order chi connectivity index (χ0) is 18.2. The fourth-order valence-electron chi connectivity index (χ4n) is 2.87. The molecule has 0 aromatic heterocycles. The molecule has 0 aliphatic rings. The summed E-state index contributed by atoms with van der Waals surface area (Å²) in [4.78, 5) is 14.5. The maximum atomic E-state index is 12.2. The number of nitrogens with one attached hydrogen (secondary N) is 2. The van der Waals surface area contributed by atoms with Gasteiger partial charge in [-0.3, -0.25) is 4.79 Å². The molecule has 0 spiro atoms. The minimum atomic E-state index is 0.0276. The van der Waals surface area contributed by atoms with E-state index in [0.717, 1.165) is 30.0 Å². The number of benzene rings is 2. The first-order valence-electron chi connectivity index (χ1n) is 9.00. The van der Waals surface area contributed by atoms with Crippen LogP contribution in [-0.2, 0) is 4.79 Å². The molecule has 4 heteroatoms. The molecule has 0 atom stereocenters. The van der Waals surface area contributed by atoms with Gasteiger partial charge in [0.15, 0.2) is 0 Å². The van der Waals surface area contributed by atoms with E-state index in [9.17, 15) is 4.79 Å². The number of hydrogen-bond acceptors (Lipinski definition) is 3. The molecular formula is C21H29N3O. The number of carbonyl (C=O) groups excluding carboxylic acids is 1. The van der Waals surface area contributed by atoms with Crippen molar-refractivity contribution in [2.75, 3.05) is 35.2 Å². The number of aryl methyl sites for hydroxylation is 2. The van der Waals surface area contributed by atoms with Gasteiger partial charge in [-0.1, -0.05) is 18.2 Å². The highest BCUT2D eigenvalue weighted by atomic mass is 16.1. The van der Waals surface area contributed by atoms with Gasteiger partial charge < -0.3 is 15.5 Å². The van der Waals surface area contributed by atoms with Crippen molar-refractivity contribution < 1.29 is 4.79 Å². The van der Waals surface area contributed by atoms with Gasteiger partial charge in [0.1, 0.15) is 0 Å². The molecule has 134 valence electrons. The van der Waals surface area contributed by atoms with Crippen LogP contribution in [0.4, 0.5) is 17.1 Å². The number of carbonyl (C=O) groups is 1. The number of anilines is 3. The average Bonchev–Trinajstić information content (AvgIpc) is 2.60. The van der Waals surface area contributed by atoms with Crippen LogP contribution in [0.2, 0.25) is 0 Å². The lowest BCUT2D eigenvalue weighted by atomic mass is 10.1. The second-order valence-electron chi connectivity index (χ2n) is 6.21. The van der Waals surface area contributed by atoms with E-state index in [1.54, 1.807) is 0 Å². The van der Waals surface area contributed by atoms with Crippen LogP contribution in [0.25, 0.3) is 0 Å². The van der Waals surface area contributed by atoms with E-state index in [1.807, 2.05) is 31.2 Å². The van der Waals surface area contributed by atoms with E-state index in [4.69, 9.17) is 0 Å². The molecule has 0 saturated heterocycles. The Bertz CT molecular complexity index is 708. The third kappa shape index (κ3) is 5.24. The number of amides is 1. The van der Waals surface area contributed by atoms with Crippen LogP contribution < -0.4 is 15.5 Å². The summed E-state index contributed by atoms with van der Waals surface area (Å²) in [6, 6.07) is 14.3. The first kappa shape index (κ1) is 18.8. The Labute approximate surface area is 151 Å². The summed E-state index contributed by atoms with van der Waals surface area (Å²) in [5, 5.41) is 6.33. The molecule has 0 heterocycles. The molecule has 2 aromatic rings. The highest BCUT2D eigenvalue weighted by Gasteiger charge is 2.08. The molecule has 0 radical (unpaired) electrons. The van der Waals surface area contributed by atoms with E-state index in [1.165, 1.54) is 11.3 Å². The van der Waals surface area contributed by atoms with Crippen molar-refractivity contribution >= 4 is 23.0 Å². The fourth-order valence-corrected chi connectivity index (χ4v) is 2.87. The Balaban J connectivity index is 1.89. The van der Waals surface area contributed by atoms with Crippen molar-refractivity contribution in [1.82, 2.24) is 0 Å². The smallest absolute Gasteiger partial charge is 0.226 e. The molecule has 0 aliphatic heterocycles. The van der Waals surface area contributed by atoms with Crippen LogP contribution in [0.1, 0.15) is 31.4 Å². The monoisotopic (exact) mass is 339 g/mol. The topological polar surface area (TPSA) is 44.4 Å². The Morgan fingerprint density at radius 3 is 2.32 bits per heavy atom. The van der Waals surface area contributed by atoms with Gasteiger partial charge in [0.25, 0.3) is 0 Å². The quantitative estimate of drug-likeness (QED) is 0.739. The Kier molecular flexibility index (Phi) is 6.87. The largest absolute Gasteiger partial charge is 0.384 e. The summed E-state index contributed by atoms with van der Waals surface area (Å²) in [6.45, 7) is 11.0. The third-order valence-electron chi connectivity index (χ3n) is 4.43. The standard InChI is InChI=1S/C21H29N3O/c1-5-24(6-2)18-11-12-20(17(4)15-18)23-21(25)13-14-22-19-10-8-7-9-16(19)3/h7-12,15,22H,5-6,13-14H2,1-4H3,(H,23,25). The van der Waals surface area contributed by atoms with Crippen molar-refractivity contribution in [2.24, 2.45) is 0 Å². The van der Waals surface area contributed by atoms with Gasteiger partial charge >= 0.3 is 0 Å². The molecule has 1 amide bonds. The molecule has 2 N–H and O–H groups in total. The minimum absolute atomic E-state index is 0.0276. The third-order valence-corrected chi connectivity index (χ3v) is 4.43. The summed E-state index contributed by atoms with van der Waals surface area (Å²) in [5.74, 6) is 0.0276. The summed E-state index contributed by atoms with van der Waals surface area (Å²) < 4.78 is 0. The molecular weight excluding hydrogens is 310 g/mol. The van der Waals surface area contributed by atoms with Crippen LogP contribution >= 0.6 is 0 Å². The average molecular weight is 339 g/mol. The molecule has 0 bridgehead atoms. The van der Waals surface area contributed by atoms with Gasteiger partial charge in [-0.05, 0) is 63.1 Å². The van der Waals surface area contributed by atoms with Crippen LogP contribution in [0.5, 0.6) is 0 Å². The summed E-state index contributed by atoms with van der Waals surface area (Å²) >= 11 is 0. The van der Waals surface area contributed by atoms with Crippen LogP contribution in [0.15, 0.2) is 42.5 Å². The lowest BCUT2D eigenvalue weighted by Crippen LogP contribution is -2.22. The first-order valence-corrected chi connectivity index (χ1v) is 9.00. The normalized spacial score (nSPS) is 10.4. The molecule has 2 aromatic carbocycles. The SMILES string of the molecule is CCN(CC)c1ccc(NC(=O)CCNc2ccccc2C)c(C)c1. The Hall–Kier alpha value is -2.49. The molecule has 25 heavy (non-hydrogen) atoms. The van der Waals surface area contributed by atoms with Gasteiger partial charge in [0.2, 0.25) is 5.91 Å². The van der Waals surface area contributed by atoms with Crippen molar-refractivity contribution in [2.45, 2.75) is 34.1 Å². The van der Waals surface area contributed by atoms with Gasteiger partial charge in [0, 0.05) is 43.1 Å². The van der Waals surface area contributed by atoms with Crippen molar-refractivity contribution in [1.29, 1.82) is 0 Å². The molecule has 0 aliphatic carbocycles. The van der Waals surface area contributed by atoms with Gasteiger partial charge in [-0.25, -0.2) is 0 Å². The predicted molar refractivity (Wildman–Crippen MR) is 108 cm³/mol. The van der Waals surface area contributed by atoms with Crippen molar-refractivity contribution in [3.8, 4) is 0 Å². The second kappa shape index (κ2) is 9.11. The molecule has 0 saturated carbocycles. The minimum Gasteiger partial charge on any atom is -0.384 e. The Morgan fingerprint density at radius 1 is 0.960 bits per heavy atom.